The van der Waals surface area contributed by atoms with Gasteiger partial charge in [-0.2, -0.15) is 4.31 Å². The van der Waals surface area contributed by atoms with Crippen molar-refractivity contribution in [3.8, 4) is 5.75 Å². The lowest BCUT2D eigenvalue weighted by Crippen LogP contribution is -2.39. The topological polar surface area (TPSA) is 76.1 Å². The van der Waals surface area contributed by atoms with E-state index in [4.69, 9.17) is 14.6 Å². The van der Waals surface area contributed by atoms with Crippen molar-refractivity contribution >= 4 is 10.0 Å². The standard InChI is InChI=1S/C16H25NO5S/c1-21-15-5-3-14(4-6-15)8-12-23(19,20)17-9-2-11-22-16(13-17)7-10-18/h3-6,16,18H,2,7-13H2,1H3. The highest BCUT2D eigenvalue weighted by Crippen LogP contribution is 2.16. The number of aryl methyl sites for hydroxylation is 1. The quantitative estimate of drug-likeness (QED) is 0.801. The number of nitrogens with zero attached hydrogens (tertiary/aromatic N) is 1. The summed E-state index contributed by atoms with van der Waals surface area (Å²) in [4.78, 5) is 0. The van der Waals surface area contributed by atoms with Crippen molar-refractivity contribution in [2.24, 2.45) is 0 Å². The van der Waals surface area contributed by atoms with Gasteiger partial charge in [0.25, 0.3) is 0 Å². The molecule has 0 radical (unpaired) electrons. The highest BCUT2D eigenvalue weighted by Gasteiger charge is 2.27. The highest BCUT2D eigenvalue weighted by molar-refractivity contribution is 7.89. The van der Waals surface area contributed by atoms with Gasteiger partial charge in [0.15, 0.2) is 0 Å². The van der Waals surface area contributed by atoms with Crippen LogP contribution in [-0.4, -0.2) is 63.1 Å². The number of methoxy groups -OCH3 is 1. The summed E-state index contributed by atoms with van der Waals surface area (Å²) in [7, 11) is -1.73. The van der Waals surface area contributed by atoms with Crippen molar-refractivity contribution < 1.29 is 23.0 Å². The first-order chi connectivity index (χ1) is 11.0. The van der Waals surface area contributed by atoms with Gasteiger partial charge in [0, 0.05) is 26.3 Å². The van der Waals surface area contributed by atoms with Crippen LogP contribution in [0.4, 0.5) is 0 Å². The van der Waals surface area contributed by atoms with Crippen LogP contribution in [0.3, 0.4) is 0 Å². The van der Waals surface area contributed by atoms with Crippen LogP contribution in [-0.2, 0) is 21.2 Å². The van der Waals surface area contributed by atoms with Crippen LogP contribution >= 0.6 is 0 Å². The molecule has 0 bridgehead atoms. The van der Waals surface area contributed by atoms with Crippen LogP contribution in [0.15, 0.2) is 24.3 Å². The number of rotatable bonds is 7. The average Bonchev–Trinajstić information content (AvgIpc) is 2.80. The van der Waals surface area contributed by atoms with E-state index >= 15 is 0 Å². The van der Waals surface area contributed by atoms with Gasteiger partial charge in [-0.3, -0.25) is 0 Å². The predicted molar refractivity (Wildman–Crippen MR) is 88.1 cm³/mol. The Morgan fingerprint density at radius 1 is 1.35 bits per heavy atom. The minimum atomic E-state index is -3.33. The first-order valence-corrected chi connectivity index (χ1v) is 9.49. The summed E-state index contributed by atoms with van der Waals surface area (Å²) in [6.45, 7) is 1.35. The first-order valence-electron chi connectivity index (χ1n) is 7.88. The maximum absolute atomic E-state index is 12.6. The molecule has 0 aliphatic carbocycles. The summed E-state index contributed by atoms with van der Waals surface area (Å²) in [6.07, 6.45) is 1.39. The smallest absolute Gasteiger partial charge is 0.214 e. The molecule has 6 nitrogen and oxygen atoms in total. The van der Waals surface area contributed by atoms with E-state index in [2.05, 4.69) is 0 Å². The lowest BCUT2D eigenvalue weighted by Gasteiger charge is -2.23. The van der Waals surface area contributed by atoms with Crippen LogP contribution in [0.5, 0.6) is 5.75 Å². The fraction of sp³-hybridized carbons (Fsp3) is 0.625. The molecule has 2 rings (SSSR count). The third-order valence-electron chi connectivity index (χ3n) is 3.96. The normalized spacial score (nSPS) is 20.2. The Morgan fingerprint density at radius 3 is 2.74 bits per heavy atom. The van der Waals surface area contributed by atoms with Gasteiger partial charge in [-0.1, -0.05) is 12.1 Å². The molecule has 1 unspecified atom stereocenters. The lowest BCUT2D eigenvalue weighted by atomic mass is 10.2. The summed E-state index contributed by atoms with van der Waals surface area (Å²) in [6, 6.07) is 7.43. The van der Waals surface area contributed by atoms with E-state index in [0.717, 1.165) is 11.3 Å². The van der Waals surface area contributed by atoms with Crippen molar-refractivity contribution in [1.82, 2.24) is 4.31 Å². The second-order valence-corrected chi connectivity index (χ2v) is 7.72. The van der Waals surface area contributed by atoms with Gasteiger partial charge in [0.05, 0.1) is 19.0 Å². The maximum atomic E-state index is 12.6. The molecule has 0 spiro atoms. The molecule has 1 aliphatic heterocycles. The minimum Gasteiger partial charge on any atom is -0.497 e. The molecule has 1 aliphatic rings. The Hall–Kier alpha value is -1.15. The molecule has 130 valence electrons. The molecule has 0 saturated carbocycles. The van der Waals surface area contributed by atoms with E-state index in [0.29, 0.717) is 39.0 Å². The van der Waals surface area contributed by atoms with Crippen LogP contribution in [0.25, 0.3) is 0 Å². The van der Waals surface area contributed by atoms with Crippen molar-refractivity contribution in [3.63, 3.8) is 0 Å². The molecule has 1 heterocycles. The molecule has 0 aromatic heterocycles. The SMILES string of the molecule is COc1ccc(CCS(=O)(=O)N2CCCOC(CCO)C2)cc1. The molecule has 1 atom stereocenters. The Morgan fingerprint density at radius 2 is 2.09 bits per heavy atom. The van der Waals surface area contributed by atoms with E-state index < -0.39 is 10.0 Å². The Labute approximate surface area is 138 Å². The summed E-state index contributed by atoms with van der Waals surface area (Å²) < 4.78 is 37.3. The Balaban J connectivity index is 1.96. The van der Waals surface area contributed by atoms with Crippen molar-refractivity contribution in [2.75, 3.05) is 39.2 Å². The van der Waals surface area contributed by atoms with Gasteiger partial charge in [-0.15, -0.1) is 0 Å². The summed E-state index contributed by atoms with van der Waals surface area (Å²) >= 11 is 0. The number of benzene rings is 1. The molecule has 1 aromatic carbocycles. The molecular formula is C16H25NO5S. The Bertz CT molecular complexity index is 573. The number of aliphatic hydroxyl groups excluding tert-OH is 1. The van der Waals surface area contributed by atoms with Crippen LogP contribution in [0, 0.1) is 0 Å². The summed E-state index contributed by atoms with van der Waals surface area (Å²) in [5.41, 5.74) is 0.965. The van der Waals surface area contributed by atoms with E-state index in [9.17, 15) is 8.42 Å². The minimum absolute atomic E-state index is 0.00437. The summed E-state index contributed by atoms with van der Waals surface area (Å²) in [5.74, 6) is 0.832. The third-order valence-corrected chi connectivity index (χ3v) is 5.80. The molecule has 1 saturated heterocycles. The van der Waals surface area contributed by atoms with Crippen molar-refractivity contribution in [1.29, 1.82) is 0 Å². The number of hydrogen-bond donors (Lipinski definition) is 1. The molecule has 0 amide bonds. The van der Waals surface area contributed by atoms with Crippen LogP contribution in [0.2, 0.25) is 0 Å². The van der Waals surface area contributed by atoms with Crippen LogP contribution < -0.4 is 4.74 Å². The molecule has 1 N–H and O–H groups in total. The van der Waals surface area contributed by atoms with E-state index in [1.54, 1.807) is 7.11 Å². The first kappa shape index (κ1) is 18.2. The molecular weight excluding hydrogens is 318 g/mol. The molecule has 1 aromatic rings. The van der Waals surface area contributed by atoms with E-state index in [1.807, 2.05) is 24.3 Å². The molecule has 7 heteroatoms. The number of aliphatic hydroxyl groups is 1. The zero-order valence-electron chi connectivity index (χ0n) is 13.5. The second-order valence-electron chi connectivity index (χ2n) is 5.63. The van der Waals surface area contributed by atoms with Gasteiger partial charge in [0.2, 0.25) is 10.0 Å². The van der Waals surface area contributed by atoms with Gasteiger partial charge in [-0.25, -0.2) is 8.42 Å². The predicted octanol–water partition coefficient (Wildman–Crippen LogP) is 1.04. The number of sulfonamides is 1. The van der Waals surface area contributed by atoms with Gasteiger partial charge in [0.1, 0.15) is 5.75 Å². The zero-order valence-corrected chi connectivity index (χ0v) is 14.3. The number of hydrogen-bond acceptors (Lipinski definition) is 5. The fourth-order valence-electron chi connectivity index (χ4n) is 2.60. The van der Waals surface area contributed by atoms with E-state index in [1.165, 1.54) is 4.31 Å². The number of ether oxygens (including phenoxy) is 2. The van der Waals surface area contributed by atoms with Gasteiger partial charge in [-0.05, 0) is 37.0 Å². The zero-order chi connectivity index (χ0) is 16.7. The van der Waals surface area contributed by atoms with Crippen molar-refractivity contribution in [3.05, 3.63) is 29.8 Å². The largest absolute Gasteiger partial charge is 0.497 e. The molecule has 1 fully saturated rings. The third kappa shape index (κ3) is 5.46. The van der Waals surface area contributed by atoms with Gasteiger partial charge >= 0.3 is 0 Å². The Kier molecular flexibility index (Phi) is 6.83. The fourth-order valence-corrected chi connectivity index (χ4v) is 4.15. The summed E-state index contributed by atoms with van der Waals surface area (Å²) in [5, 5.41) is 9.04. The second kappa shape index (κ2) is 8.63. The monoisotopic (exact) mass is 343 g/mol. The highest BCUT2D eigenvalue weighted by atomic mass is 32.2. The molecule has 23 heavy (non-hydrogen) atoms. The van der Waals surface area contributed by atoms with Gasteiger partial charge < -0.3 is 14.6 Å². The maximum Gasteiger partial charge on any atom is 0.214 e. The van der Waals surface area contributed by atoms with Crippen molar-refractivity contribution in [2.45, 2.75) is 25.4 Å². The van der Waals surface area contributed by atoms with E-state index in [-0.39, 0.29) is 18.5 Å². The average molecular weight is 343 g/mol. The van der Waals surface area contributed by atoms with Crippen LogP contribution in [0.1, 0.15) is 18.4 Å². The lowest BCUT2D eigenvalue weighted by molar-refractivity contribution is 0.0433.